The zero-order valence-electron chi connectivity index (χ0n) is 10.9. The SMILES string of the molecule is Cc1ccc2nc(CCNCC(C)C)[nH]c2c1. The van der Waals surface area contributed by atoms with E-state index in [1.807, 2.05) is 0 Å². The lowest BCUT2D eigenvalue weighted by Crippen LogP contribution is -2.22. The number of rotatable bonds is 5. The van der Waals surface area contributed by atoms with E-state index in [2.05, 4.69) is 54.3 Å². The second-order valence-electron chi connectivity index (χ2n) is 5.05. The Balaban J connectivity index is 1.95. The predicted molar refractivity (Wildman–Crippen MR) is 72.2 cm³/mol. The molecule has 0 atom stereocenters. The summed E-state index contributed by atoms with van der Waals surface area (Å²) in [6, 6.07) is 6.32. The molecule has 0 bridgehead atoms. The van der Waals surface area contributed by atoms with Crippen LogP contribution in [0.4, 0.5) is 0 Å². The first kappa shape index (κ1) is 12.1. The second kappa shape index (κ2) is 5.32. The van der Waals surface area contributed by atoms with Crippen molar-refractivity contribution in [3.8, 4) is 0 Å². The number of fused-ring (bicyclic) bond motifs is 1. The van der Waals surface area contributed by atoms with Crippen LogP contribution < -0.4 is 5.32 Å². The van der Waals surface area contributed by atoms with Crippen LogP contribution in [0.5, 0.6) is 0 Å². The highest BCUT2D eigenvalue weighted by Gasteiger charge is 2.02. The summed E-state index contributed by atoms with van der Waals surface area (Å²) < 4.78 is 0. The van der Waals surface area contributed by atoms with Crippen molar-refractivity contribution in [1.29, 1.82) is 0 Å². The smallest absolute Gasteiger partial charge is 0.108 e. The lowest BCUT2D eigenvalue weighted by atomic mass is 10.2. The van der Waals surface area contributed by atoms with E-state index in [1.165, 1.54) is 5.56 Å². The number of hydrogen-bond donors (Lipinski definition) is 2. The van der Waals surface area contributed by atoms with E-state index in [1.54, 1.807) is 0 Å². The molecule has 2 rings (SSSR count). The van der Waals surface area contributed by atoms with Crippen LogP contribution in [0, 0.1) is 12.8 Å². The number of benzene rings is 1. The van der Waals surface area contributed by atoms with Crippen LogP contribution in [0.3, 0.4) is 0 Å². The summed E-state index contributed by atoms with van der Waals surface area (Å²) in [5.74, 6) is 1.77. The Labute approximate surface area is 103 Å². The number of aromatic nitrogens is 2. The lowest BCUT2D eigenvalue weighted by molar-refractivity contribution is 0.551. The van der Waals surface area contributed by atoms with Gasteiger partial charge in [-0.15, -0.1) is 0 Å². The normalized spacial score (nSPS) is 11.5. The standard InChI is InChI=1S/C14H21N3/c1-10(2)9-15-7-6-14-16-12-5-4-11(3)8-13(12)17-14/h4-5,8,10,15H,6-7,9H2,1-3H3,(H,16,17). The third-order valence-electron chi connectivity index (χ3n) is 2.78. The summed E-state index contributed by atoms with van der Waals surface area (Å²) in [6.07, 6.45) is 0.959. The summed E-state index contributed by atoms with van der Waals surface area (Å²) in [5.41, 5.74) is 3.48. The topological polar surface area (TPSA) is 40.7 Å². The molecule has 0 spiro atoms. The monoisotopic (exact) mass is 231 g/mol. The minimum absolute atomic E-state index is 0.702. The predicted octanol–water partition coefficient (Wildman–Crippen LogP) is 2.66. The molecule has 0 amide bonds. The summed E-state index contributed by atoms with van der Waals surface area (Å²) in [6.45, 7) is 8.59. The summed E-state index contributed by atoms with van der Waals surface area (Å²) in [7, 11) is 0. The minimum Gasteiger partial charge on any atom is -0.342 e. The van der Waals surface area contributed by atoms with Gasteiger partial charge in [0.15, 0.2) is 0 Å². The van der Waals surface area contributed by atoms with Gasteiger partial charge in [-0.2, -0.15) is 0 Å². The van der Waals surface area contributed by atoms with Crippen LogP contribution in [-0.4, -0.2) is 23.1 Å². The summed E-state index contributed by atoms with van der Waals surface area (Å²) in [4.78, 5) is 7.95. The molecule has 1 aromatic heterocycles. The van der Waals surface area contributed by atoms with Crippen molar-refractivity contribution in [3.05, 3.63) is 29.6 Å². The number of nitrogens with zero attached hydrogens (tertiary/aromatic N) is 1. The maximum absolute atomic E-state index is 4.57. The molecular weight excluding hydrogens is 210 g/mol. The highest BCUT2D eigenvalue weighted by atomic mass is 14.9. The van der Waals surface area contributed by atoms with E-state index in [4.69, 9.17) is 0 Å². The molecular formula is C14H21N3. The average Bonchev–Trinajstić information content (AvgIpc) is 2.66. The van der Waals surface area contributed by atoms with Crippen molar-refractivity contribution in [2.24, 2.45) is 5.92 Å². The van der Waals surface area contributed by atoms with Crippen molar-refractivity contribution in [2.75, 3.05) is 13.1 Å². The van der Waals surface area contributed by atoms with E-state index in [0.717, 1.165) is 36.4 Å². The fraction of sp³-hybridized carbons (Fsp3) is 0.500. The van der Waals surface area contributed by atoms with Gasteiger partial charge in [-0.3, -0.25) is 0 Å². The number of nitrogens with one attached hydrogen (secondary N) is 2. The Morgan fingerprint density at radius 3 is 2.94 bits per heavy atom. The van der Waals surface area contributed by atoms with Crippen LogP contribution in [0.15, 0.2) is 18.2 Å². The molecule has 2 N–H and O–H groups in total. The molecule has 92 valence electrons. The third-order valence-corrected chi connectivity index (χ3v) is 2.78. The van der Waals surface area contributed by atoms with E-state index in [9.17, 15) is 0 Å². The Hall–Kier alpha value is -1.35. The molecule has 3 heteroatoms. The molecule has 3 nitrogen and oxygen atoms in total. The Bertz CT molecular complexity index is 485. The molecule has 0 aliphatic carbocycles. The molecule has 2 aromatic rings. The largest absolute Gasteiger partial charge is 0.342 e. The molecule has 0 unspecified atom stereocenters. The first-order valence-corrected chi connectivity index (χ1v) is 6.31. The zero-order valence-corrected chi connectivity index (χ0v) is 10.9. The van der Waals surface area contributed by atoms with Crippen molar-refractivity contribution in [1.82, 2.24) is 15.3 Å². The zero-order chi connectivity index (χ0) is 12.3. The van der Waals surface area contributed by atoms with Crippen LogP contribution in [0.2, 0.25) is 0 Å². The number of aromatic amines is 1. The molecule has 17 heavy (non-hydrogen) atoms. The van der Waals surface area contributed by atoms with Gasteiger partial charge in [-0.05, 0) is 37.1 Å². The van der Waals surface area contributed by atoms with Gasteiger partial charge in [0.25, 0.3) is 0 Å². The number of hydrogen-bond acceptors (Lipinski definition) is 2. The Morgan fingerprint density at radius 2 is 2.18 bits per heavy atom. The summed E-state index contributed by atoms with van der Waals surface area (Å²) in [5, 5.41) is 3.43. The van der Waals surface area contributed by atoms with Crippen molar-refractivity contribution in [2.45, 2.75) is 27.2 Å². The van der Waals surface area contributed by atoms with Gasteiger partial charge >= 0.3 is 0 Å². The molecule has 1 heterocycles. The van der Waals surface area contributed by atoms with Gasteiger partial charge in [-0.25, -0.2) is 4.98 Å². The van der Waals surface area contributed by atoms with Gasteiger partial charge in [0.2, 0.25) is 0 Å². The molecule has 0 saturated carbocycles. The minimum atomic E-state index is 0.702. The van der Waals surface area contributed by atoms with Crippen molar-refractivity contribution < 1.29 is 0 Å². The number of H-pyrrole nitrogens is 1. The summed E-state index contributed by atoms with van der Waals surface area (Å²) >= 11 is 0. The van der Waals surface area contributed by atoms with Gasteiger partial charge < -0.3 is 10.3 Å². The third kappa shape index (κ3) is 3.30. The fourth-order valence-electron chi connectivity index (χ4n) is 1.89. The van der Waals surface area contributed by atoms with Crippen LogP contribution >= 0.6 is 0 Å². The maximum Gasteiger partial charge on any atom is 0.108 e. The number of imidazole rings is 1. The Kier molecular flexibility index (Phi) is 3.79. The number of aryl methyl sites for hydroxylation is 1. The fourth-order valence-corrected chi connectivity index (χ4v) is 1.89. The molecule has 0 aliphatic rings. The molecule has 0 fully saturated rings. The van der Waals surface area contributed by atoms with Crippen LogP contribution in [-0.2, 0) is 6.42 Å². The second-order valence-corrected chi connectivity index (χ2v) is 5.05. The van der Waals surface area contributed by atoms with Crippen molar-refractivity contribution in [3.63, 3.8) is 0 Å². The van der Waals surface area contributed by atoms with E-state index >= 15 is 0 Å². The van der Waals surface area contributed by atoms with Crippen molar-refractivity contribution >= 4 is 11.0 Å². The quantitative estimate of drug-likeness (QED) is 0.777. The molecule has 1 aromatic carbocycles. The highest BCUT2D eigenvalue weighted by molar-refractivity contribution is 5.75. The van der Waals surface area contributed by atoms with E-state index in [-0.39, 0.29) is 0 Å². The van der Waals surface area contributed by atoms with E-state index in [0.29, 0.717) is 5.92 Å². The lowest BCUT2D eigenvalue weighted by Gasteiger charge is -2.05. The van der Waals surface area contributed by atoms with Gasteiger partial charge in [-0.1, -0.05) is 19.9 Å². The van der Waals surface area contributed by atoms with Gasteiger partial charge in [0.05, 0.1) is 11.0 Å². The molecule has 0 aliphatic heterocycles. The first-order chi connectivity index (χ1) is 8.15. The average molecular weight is 231 g/mol. The molecule has 0 radical (unpaired) electrons. The highest BCUT2D eigenvalue weighted by Crippen LogP contribution is 2.13. The van der Waals surface area contributed by atoms with Crippen LogP contribution in [0.25, 0.3) is 11.0 Å². The van der Waals surface area contributed by atoms with Gasteiger partial charge in [0.1, 0.15) is 5.82 Å². The van der Waals surface area contributed by atoms with Gasteiger partial charge in [0, 0.05) is 13.0 Å². The first-order valence-electron chi connectivity index (χ1n) is 6.31. The maximum atomic E-state index is 4.57. The van der Waals surface area contributed by atoms with Crippen LogP contribution in [0.1, 0.15) is 25.2 Å². The Morgan fingerprint density at radius 1 is 1.35 bits per heavy atom. The van der Waals surface area contributed by atoms with E-state index < -0.39 is 0 Å². The molecule has 0 saturated heterocycles.